The summed E-state index contributed by atoms with van der Waals surface area (Å²) >= 11 is 0. The fourth-order valence-electron chi connectivity index (χ4n) is 1.15. The van der Waals surface area contributed by atoms with Gasteiger partial charge in [-0.15, -0.1) is 0 Å². The second-order valence-corrected chi connectivity index (χ2v) is 2.77. The molecule has 2 atom stereocenters. The van der Waals surface area contributed by atoms with E-state index >= 15 is 0 Å². The van der Waals surface area contributed by atoms with Gasteiger partial charge >= 0.3 is 0 Å². The Labute approximate surface area is 76.9 Å². The zero-order valence-corrected chi connectivity index (χ0v) is 7.09. The van der Waals surface area contributed by atoms with Crippen molar-refractivity contribution in [2.24, 2.45) is 0 Å². The molecule has 13 heavy (non-hydrogen) atoms. The largest absolute Gasteiger partial charge is 0.394 e. The Morgan fingerprint density at radius 1 is 1.31 bits per heavy atom. The van der Waals surface area contributed by atoms with Crippen LogP contribution in [0.15, 0.2) is 30.3 Å². The summed E-state index contributed by atoms with van der Waals surface area (Å²) in [5.74, 6) is -0.647. The van der Waals surface area contributed by atoms with Gasteiger partial charge in [-0.3, -0.25) is 0 Å². The lowest BCUT2D eigenvalue weighted by molar-refractivity contribution is 0.0857. The van der Waals surface area contributed by atoms with Gasteiger partial charge in [0.2, 0.25) is 0 Å². The first-order valence-corrected chi connectivity index (χ1v) is 4.03. The van der Waals surface area contributed by atoms with Gasteiger partial charge in [0, 0.05) is 0 Å². The van der Waals surface area contributed by atoms with Gasteiger partial charge in [-0.2, -0.15) is 5.26 Å². The van der Waals surface area contributed by atoms with E-state index < -0.39 is 18.6 Å². The lowest BCUT2D eigenvalue weighted by Gasteiger charge is -2.13. The lowest BCUT2D eigenvalue weighted by Crippen LogP contribution is -2.21. The third-order valence-corrected chi connectivity index (χ3v) is 1.87. The fraction of sp³-hybridized carbons (Fsp3) is 0.300. The number of nitrogens with zero attached hydrogens (tertiary/aromatic N) is 1. The number of aliphatic hydroxyl groups is 2. The van der Waals surface area contributed by atoms with Crippen LogP contribution >= 0.6 is 0 Å². The topological polar surface area (TPSA) is 64.2 Å². The van der Waals surface area contributed by atoms with E-state index in [4.69, 9.17) is 10.4 Å². The summed E-state index contributed by atoms with van der Waals surface area (Å²) < 4.78 is 0. The number of nitriles is 1. The van der Waals surface area contributed by atoms with Crippen molar-refractivity contribution in [3.63, 3.8) is 0 Å². The molecule has 0 heterocycles. The average Bonchev–Trinajstić information content (AvgIpc) is 2.20. The molecule has 0 spiro atoms. The van der Waals surface area contributed by atoms with Crippen LogP contribution in [0, 0.1) is 11.3 Å². The summed E-state index contributed by atoms with van der Waals surface area (Å²) in [5.41, 5.74) is 0.728. The zero-order valence-electron chi connectivity index (χ0n) is 7.09. The molecular formula is C10H11NO2. The van der Waals surface area contributed by atoms with E-state index in [1.807, 2.05) is 12.1 Å². The summed E-state index contributed by atoms with van der Waals surface area (Å²) in [5, 5.41) is 26.8. The summed E-state index contributed by atoms with van der Waals surface area (Å²) in [7, 11) is 0. The molecule has 0 aromatic heterocycles. The minimum Gasteiger partial charge on any atom is -0.394 e. The van der Waals surface area contributed by atoms with Crippen LogP contribution in [0.5, 0.6) is 0 Å². The maximum Gasteiger partial charge on any atom is 0.0994 e. The first kappa shape index (κ1) is 9.72. The molecule has 0 amide bonds. The summed E-state index contributed by atoms with van der Waals surface area (Å²) in [4.78, 5) is 0. The maximum atomic E-state index is 9.30. The van der Waals surface area contributed by atoms with Crippen molar-refractivity contribution in [2.75, 3.05) is 6.61 Å². The van der Waals surface area contributed by atoms with E-state index in [1.165, 1.54) is 0 Å². The van der Waals surface area contributed by atoms with Crippen LogP contribution in [0.2, 0.25) is 0 Å². The molecule has 0 aliphatic heterocycles. The monoisotopic (exact) mass is 177 g/mol. The van der Waals surface area contributed by atoms with Gasteiger partial charge in [-0.05, 0) is 5.56 Å². The zero-order chi connectivity index (χ0) is 9.68. The van der Waals surface area contributed by atoms with Crippen LogP contribution in [-0.4, -0.2) is 22.9 Å². The molecule has 3 heteroatoms. The maximum absolute atomic E-state index is 9.30. The predicted octanol–water partition coefficient (Wildman–Crippen LogP) is 0.647. The van der Waals surface area contributed by atoms with Gasteiger partial charge in [-0.1, -0.05) is 30.3 Å². The van der Waals surface area contributed by atoms with Gasteiger partial charge in [0.15, 0.2) is 0 Å². The quantitative estimate of drug-likeness (QED) is 0.712. The molecule has 1 aromatic carbocycles. The van der Waals surface area contributed by atoms with Crippen LogP contribution in [0.1, 0.15) is 11.5 Å². The minimum atomic E-state index is -1.01. The van der Waals surface area contributed by atoms with Crippen LogP contribution < -0.4 is 0 Å². The van der Waals surface area contributed by atoms with Crippen LogP contribution in [0.4, 0.5) is 0 Å². The van der Waals surface area contributed by atoms with Crippen molar-refractivity contribution in [1.29, 1.82) is 5.26 Å². The summed E-state index contributed by atoms with van der Waals surface area (Å²) in [6, 6.07) is 10.9. The summed E-state index contributed by atoms with van der Waals surface area (Å²) in [6.45, 7) is -0.396. The highest BCUT2D eigenvalue weighted by Gasteiger charge is 2.19. The number of benzene rings is 1. The van der Waals surface area contributed by atoms with Crippen molar-refractivity contribution in [3.05, 3.63) is 35.9 Å². The molecule has 0 fully saturated rings. The Bertz CT molecular complexity index is 292. The molecule has 1 rings (SSSR count). The van der Waals surface area contributed by atoms with Crippen molar-refractivity contribution in [2.45, 2.75) is 12.0 Å². The van der Waals surface area contributed by atoms with E-state index in [0.717, 1.165) is 5.56 Å². The molecule has 0 aliphatic rings. The van der Waals surface area contributed by atoms with Gasteiger partial charge in [0.25, 0.3) is 0 Å². The molecule has 1 aromatic rings. The predicted molar refractivity (Wildman–Crippen MR) is 47.9 cm³/mol. The molecular weight excluding hydrogens is 166 g/mol. The Morgan fingerprint density at radius 3 is 2.38 bits per heavy atom. The van der Waals surface area contributed by atoms with E-state index in [9.17, 15) is 5.11 Å². The van der Waals surface area contributed by atoms with Crippen molar-refractivity contribution < 1.29 is 10.2 Å². The molecule has 0 saturated heterocycles. The molecule has 0 saturated carbocycles. The van der Waals surface area contributed by atoms with Gasteiger partial charge in [0.1, 0.15) is 0 Å². The average molecular weight is 177 g/mol. The smallest absolute Gasteiger partial charge is 0.0994 e. The van der Waals surface area contributed by atoms with Gasteiger partial charge in [-0.25, -0.2) is 0 Å². The molecule has 3 nitrogen and oxygen atoms in total. The van der Waals surface area contributed by atoms with E-state index in [-0.39, 0.29) is 0 Å². The van der Waals surface area contributed by atoms with Crippen molar-refractivity contribution in [1.82, 2.24) is 0 Å². The molecule has 68 valence electrons. The van der Waals surface area contributed by atoms with E-state index in [0.29, 0.717) is 0 Å². The Kier molecular flexibility index (Phi) is 3.44. The third kappa shape index (κ3) is 2.28. The number of hydrogen-bond donors (Lipinski definition) is 2. The second-order valence-electron chi connectivity index (χ2n) is 2.77. The van der Waals surface area contributed by atoms with Crippen LogP contribution in [0.3, 0.4) is 0 Å². The lowest BCUT2D eigenvalue weighted by atomic mass is 9.95. The third-order valence-electron chi connectivity index (χ3n) is 1.87. The molecule has 0 unspecified atom stereocenters. The van der Waals surface area contributed by atoms with Crippen molar-refractivity contribution >= 4 is 0 Å². The SMILES string of the molecule is N#C[C@H](c1ccccc1)[C@@H](O)CO. The Balaban J connectivity index is 2.86. The van der Waals surface area contributed by atoms with E-state index in [2.05, 4.69) is 0 Å². The minimum absolute atomic E-state index is 0.396. The second kappa shape index (κ2) is 4.61. The normalized spacial score (nSPS) is 14.5. The first-order chi connectivity index (χ1) is 6.29. The van der Waals surface area contributed by atoms with Crippen LogP contribution in [-0.2, 0) is 0 Å². The molecule has 0 bridgehead atoms. The van der Waals surface area contributed by atoms with E-state index in [1.54, 1.807) is 24.3 Å². The standard InChI is InChI=1S/C10H11NO2/c11-6-9(10(13)7-12)8-4-2-1-3-5-8/h1-5,9-10,12-13H,7H2/t9-,10+/m1/s1. The highest BCUT2D eigenvalue weighted by molar-refractivity contribution is 5.26. The molecule has 2 N–H and O–H groups in total. The summed E-state index contributed by atoms with van der Waals surface area (Å²) in [6.07, 6.45) is -1.01. The number of rotatable bonds is 3. The Morgan fingerprint density at radius 2 is 1.92 bits per heavy atom. The van der Waals surface area contributed by atoms with Gasteiger partial charge in [0.05, 0.1) is 24.7 Å². The fourth-order valence-corrected chi connectivity index (χ4v) is 1.15. The number of aliphatic hydroxyl groups excluding tert-OH is 2. The highest BCUT2D eigenvalue weighted by Crippen LogP contribution is 2.18. The van der Waals surface area contributed by atoms with Crippen LogP contribution in [0.25, 0.3) is 0 Å². The molecule has 0 aliphatic carbocycles. The highest BCUT2D eigenvalue weighted by atomic mass is 16.3. The van der Waals surface area contributed by atoms with Crippen molar-refractivity contribution in [3.8, 4) is 6.07 Å². The molecule has 0 radical (unpaired) electrons. The van der Waals surface area contributed by atoms with Gasteiger partial charge < -0.3 is 10.2 Å². The number of hydrogen-bond acceptors (Lipinski definition) is 3. The Hall–Kier alpha value is -1.37. The first-order valence-electron chi connectivity index (χ1n) is 4.03.